The van der Waals surface area contributed by atoms with Gasteiger partial charge in [0, 0.05) is 35.0 Å². The third kappa shape index (κ3) is 5.74. The van der Waals surface area contributed by atoms with Crippen LogP contribution in [0, 0.1) is 5.92 Å². The lowest BCUT2D eigenvalue weighted by molar-refractivity contribution is -0.143. The number of amides is 1. The molecule has 2 N–H and O–H groups in total. The maximum atomic E-state index is 12.2. The molecule has 0 radical (unpaired) electrons. The van der Waals surface area contributed by atoms with Gasteiger partial charge in [-0.2, -0.15) is 23.5 Å². The van der Waals surface area contributed by atoms with E-state index in [-0.39, 0.29) is 11.9 Å². The smallest absolute Gasteiger partial charge is 0.308 e. The Morgan fingerprint density at radius 1 is 1.10 bits per heavy atom. The highest BCUT2D eigenvalue weighted by atomic mass is 32.2. The van der Waals surface area contributed by atoms with E-state index in [0.29, 0.717) is 18.1 Å². The molecule has 0 aromatic carbocycles. The summed E-state index contributed by atoms with van der Waals surface area (Å²) in [4.78, 5) is 23.7. The van der Waals surface area contributed by atoms with Gasteiger partial charge in [0.1, 0.15) is 0 Å². The molecule has 1 heterocycles. The molecule has 1 saturated carbocycles. The Labute approximate surface area is 135 Å². The first-order valence-electron chi connectivity index (χ1n) is 7.88. The summed E-state index contributed by atoms with van der Waals surface area (Å²) >= 11 is 3.78. The zero-order valence-electron chi connectivity index (χ0n) is 12.4. The Hall–Kier alpha value is -0.360. The van der Waals surface area contributed by atoms with Gasteiger partial charge in [0.2, 0.25) is 5.91 Å². The zero-order valence-corrected chi connectivity index (χ0v) is 14.0. The van der Waals surface area contributed by atoms with Crippen molar-refractivity contribution < 1.29 is 14.7 Å². The van der Waals surface area contributed by atoms with Crippen LogP contribution in [-0.4, -0.2) is 45.5 Å². The van der Waals surface area contributed by atoms with Crippen LogP contribution in [0.3, 0.4) is 0 Å². The summed E-state index contributed by atoms with van der Waals surface area (Å²) in [5.74, 6) is 2.18. The first-order chi connectivity index (χ1) is 10.2. The van der Waals surface area contributed by atoms with E-state index < -0.39 is 11.9 Å². The minimum Gasteiger partial charge on any atom is -0.481 e. The molecule has 0 aromatic rings. The Morgan fingerprint density at radius 2 is 1.86 bits per heavy atom. The monoisotopic (exact) mass is 331 g/mol. The highest BCUT2D eigenvalue weighted by Gasteiger charge is 2.30. The second kappa shape index (κ2) is 8.93. The number of hydrogen-bond acceptors (Lipinski definition) is 4. The van der Waals surface area contributed by atoms with Crippen molar-refractivity contribution in [2.75, 3.05) is 17.3 Å². The van der Waals surface area contributed by atoms with Crippen molar-refractivity contribution in [3.8, 4) is 0 Å². The van der Waals surface area contributed by atoms with E-state index in [1.807, 2.05) is 23.5 Å². The fourth-order valence-electron chi connectivity index (χ4n) is 3.08. The summed E-state index contributed by atoms with van der Waals surface area (Å²) in [6.07, 6.45) is 6.25. The van der Waals surface area contributed by atoms with E-state index in [0.717, 1.165) is 43.6 Å². The minimum absolute atomic E-state index is 0.0341. The molecule has 1 aliphatic carbocycles. The van der Waals surface area contributed by atoms with Crippen LogP contribution in [0.4, 0.5) is 0 Å². The van der Waals surface area contributed by atoms with Gasteiger partial charge in [-0.25, -0.2) is 0 Å². The topological polar surface area (TPSA) is 66.4 Å². The molecule has 120 valence electrons. The van der Waals surface area contributed by atoms with Crippen LogP contribution in [0.25, 0.3) is 0 Å². The van der Waals surface area contributed by atoms with E-state index in [2.05, 4.69) is 5.32 Å². The number of thioether (sulfide) groups is 2. The number of aliphatic carboxylic acids is 1. The van der Waals surface area contributed by atoms with Gasteiger partial charge in [0.15, 0.2) is 0 Å². The van der Waals surface area contributed by atoms with Gasteiger partial charge in [0.05, 0.1) is 5.92 Å². The largest absolute Gasteiger partial charge is 0.481 e. The van der Waals surface area contributed by atoms with Gasteiger partial charge in [-0.3, -0.25) is 9.59 Å². The van der Waals surface area contributed by atoms with Crippen molar-refractivity contribution in [1.29, 1.82) is 0 Å². The molecule has 1 amide bonds. The van der Waals surface area contributed by atoms with Gasteiger partial charge in [-0.1, -0.05) is 25.7 Å². The third-order valence-electron chi connectivity index (χ3n) is 4.23. The summed E-state index contributed by atoms with van der Waals surface area (Å²) < 4.78 is 0. The molecule has 0 spiro atoms. The molecule has 1 aliphatic heterocycles. The Morgan fingerprint density at radius 3 is 2.52 bits per heavy atom. The standard InChI is InChI=1S/C15H25NO3S2/c17-14(9-11-10-20-7-8-21-11)16-13-6-4-2-1-3-5-12(13)15(18)19/h11-13H,1-10H2,(H,16,17)(H,18,19). The number of hydrogen-bond donors (Lipinski definition) is 2. The van der Waals surface area contributed by atoms with Gasteiger partial charge in [-0.15, -0.1) is 0 Å². The second-order valence-electron chi connectivity index (χ2n) is 5.88. The molecular weight excluding hydrogens is 306 g/mol. The first kappa shape index (κ1) is 17.0. The van der Waals surface area contributed by atoms with E-state index in [1.165, 1.54) is 5.75 Å². The Balaban J connectivity index is 1.86. The fraction of sp³-hybridized carbons (Fsp3) is 0.867. The predicted octanol–water partition coefficient (Wildman–Crippen LogP) is 2.76. The van der Waals surface area contributed by atoms with Crippen molar-refractivity contribution >= 4 is 35.4 Å². The first-order valence-corrected chi connectivity index (χ1v) is 10.1. The summed E-state index contributed by atoms with van der Waals surface area (Å²) in [5.41, 5.74) is 0. The second-order valence-corrected chi connectivity index (χ2v) is 8.44. The van der Waals surface area contributed by atoms with Crippen LogP contribution in [-0.2, 0) is 9.59 Å². The normalized spacial score (nSPS) is 31.0. The van der Waals surface area contributed by atoms with Crippen molar-refractivity contribution in [2.45, 2.75) is 56.2 Å². The zero-order chi connectivity index (χ0) is 15.1. The molecule has 3 atom stereocenters. The van der Waals surface area contributed by atoms with Crippen molar-refractivity contribution in [1.82, 2.24) is 5.32 Å². The molecule has 0 aromatic heterocycles. The van der Waals surface area contributed by atoms with Crippen molar-refractivity contribution in [3.05, 3.63) is 0 Å². The van der Waals surface area contributed by atoms with Gasteiger partial charge in [0.25, 0.3) is 0 Å². The fourth-order valence-corrected chi connectivity index (χ4v) is 5.76. The van der Waals surface area contributed by atoms with Crippen LogP contribution in [0.2, 0.25) is 0 Å². The van der Waals surface area contributed by atoms with E-state index in [4.69, 9.17) is 0 Å². The molecule has 6 heteroatoms. The number of rotatable bonds is 4. The Kier molecular flexibility index (Phi) is 7.23. The molecule has 2 aliphatic rings. The highest BCUT2D eigenvalue weighted by molar-refractivity contribution is 8.06. The van der Waals surface area contributed by atoms with E-state index in [9.17, 15) is 14.7 Å². The van der Waals surface area contributed by atoms with E-state index >= 15 is 0 Å². The summed E-state index contributed by atoms with van der Waals surface area (Å²) in [7, 11) is 0. The van der Waals surface area contributed by atoms with Crippen molar-refractivity contribution in [2.24, 2.45) is 5.92 Å². The SMILES string of the molecule is O=C(CC1CSCCS1)NC1CCCCCCC1C(=O)O. The molecule has 4 nitrogen and oxygen atoms in total. The quantitative estimate of drug-likeness (QED) is 0.829. The molecule has 2 rings (SSSR count). The third-order valence-corrected chi connectivity index (χ3v) is 7.07. The molecule has 0 bridgehead atoms. The molecule has 2 fully saturated rings. The lowest BCUT2D eigenvalue weighted by Gasteiger charge is -2.28. The van der Waals surface area contributed by atoms with Gasteiger partial charge >= 0.3 is 5.97 Å². The lowest BCUT2D eigenvalue weighted by Crippen LogP contribution is -2.44. The van der Waals surface area contributed by atoms with Crippen LogP contribution in [0.5, 0.6) is 0 Å². The van der Waals surface area contributed by atoms with Crippen molar-refractivity contribution in [3.63, 3.8) is 0 Å². The average Bonchev–Trinajstić information content (AvgIpc) is 2.42. The van der Waals surface area contributed by atoms with Crippen LogP contribution in [0.15, 0.2) is 0 Å². The molecular formula is C15H25NO3S2. The lowest BCUT2D eigenvalue weighted by atomic mass is 9.86. The summed E-state index contributed by atoms with van der Waals surface area (Å²) in [6.45, 7) is 0. The molecule has 1 saturated heterocycles. The highest BCUT2D eigenvalue weighted by Crippen LogP contribution is 2.27. The number of carboxylic acid groups (broad SMARTS) is 1. The minimum atomic E-state index is -0.759. The summed E-state index contributed by atoms with van der Waals surface area (Å²) in [6, 6.07) is -0.184. The molecule has 3 unspecified atom stereocenters. The number of carbonyl (C=O) groups is 2. The van der Waals surface area contributed by atoms with Crippen LogP contribution in [0.1, 0.15) is 44.9 Å². The number of carboxylic acids is 1. The van der Waals surface area contributed by atoms with Crippen LogP contribution >= 0.6 is 23.5 Å². The average molecular weight is 332 g/mol. The van der Waals surface area contributed by atoms with Crippen LogP contribution < -0.4 is 5.32 Å². The van der Waals surface area contributed by atoms with Gasteiger partial charge < -0.3 is 10.4 Å². The Bertz CT molecular complexity index is 359. The maximum Gasteiger partial charge on any atom is 0.308 e. The van der Waals surface area contributed by atoms with Gasteiger partial charge in [-0.05, 0) is 12.8 Å². The summed E-state index contributed by atoms with van der Waals surface area (Å²) in [5, 5.41) is 12.8. The van der Waals surface area contributed by atoms with E-state index in [1.54, 1.807) is 0 Å². The number of nitrogens with one attached hydrogen (secondary N) is 1. The predicted molar refractivity (Wildman–Crippen MR) is 88.9 cm³/mol. The maximum absolute atomic E-state index is 12.2. The molecule has 21 heavy (non-hydrogen) atoms. The number of carbonyl (C=O) groups excluding carboxylic acids is 1.